The molecule has 0 radical (unpaired) electrons. The van der Waals surface area contributed by atoms with Crippen molar-refractivity contribution in [2.75, 3.05) is 6.61 Å². The lowest BCUT2D eigenvalue weighted by Gasteiger charge is -2.23. The first-order valence-electron chi connectivity index (χ1n) is 7.56. The smallest absolute Gasteiger partial charge is 0.0843 e. The molecule has 1 aromatic carbocycles. The van der Waals surface area contributed by atoms with Gasteiger partial charge in [-0.15, -0.1) is 0 Å². The van der Waals surface area contributed by atoms with E-state index in [0.717, 1.165) is 31.4 Å². The number of aliphatic hydroxyl groups excluding tert-OH is 1. The van der Waals surface area contributed by atoms with Gasteiger partial charge in [0.15, 0.2) is 0 Å². The summed E-state index contributed by atoms with van der Waals surface area (Å²) in [5.41, 5.74) is 2.38. The van der Waals surface area contributed by atoms with Gasteiger partial charge in [-0.2, -0.15) is 0 Å². The molecule has 1 heterocycles. The highest BCUT2D eigenvalue weighted by molar-refractivity contribution is 5.27. The van der Waals surface area contributed by atoms with Crippen LogP contribution in [-0.4, -0.2) is 17.8 Å². The number of aliphatic hydroxyl groups is 1. The molecule has 4 unspecified atom stereocenters. The number of hydrogen-bond acceptors (Lipinski definition) is 2. The van der Waals surface area contributed by atoms with Crippen LogP contribution in [0.1, 0.15) is 63.2 Å². The fourth-order valence-electron chi connectivity index (χ4n) is 2.95. The third-order valence-electron chi connectivity index (χ3n) is 4.53. The molecule has 4 atom stereocenters. The van der Waals surface area contributed by atoms with E-state index in [0.29, 0.717) is 5.92 Å². The molecule has 1 aliphatic rings. The maximum atomic E-state index is 10.5. The van der Waals surface area contributed by atoms with E-state index in [9.17, 15) is 5.11 Å². The van der Waals surface area contributed by atoms with Crippen molar-refractivity contribution >= 4 is 0 Å². The van der Waals surface area contributed by atoms with E-state index in [1.54, 1.807) is 0 Å². The van der Waals surface area contributed by atoms with E-state index >= 15 is 0 Å². The maximum Gasteiger partial charge on any atom is 0.0843 e. The van der Waals surface area contributed by atoms with E-state index in [4.69, 9.17) is 4.74 Å². The zero-order valence-corrected chi connectivity index (χ0v) is 12.3. The van der Waals surface area contributed by atoms with Gasteiger partial charge < -0.3 is 9.84 Å². The zero-order valence-electron chi connectivity index (χ0n) is 12.3. The summed E-state index contributed by atoms with van der Waals surface area (Å²) in [6.07, 6.45) is 2.91. The summed E-state index contributed by atoms with van der Waals surface area (Å²) in [5.74, 6) is 0.837. The Balaban J connectivity index is 2.09. The summed E-state index contributed by atoms with van der Waals surface area (Å²) < 4.78 is 5.68. The maximum absolute atomic E-state index is 10.5. The van der Waals surface area contributed by atoms with Crippen molar-refractivity contribution in [3.05, 3.63) is 35.4 Å². The SMILES string of the molecule is CCC(C)c1ccc(C(O)C2CCOC2CC)cc1. The molecule has 2 heteroatoms. The molecular weight excluding hydrogens is 236 g/mol. The largest absolute Gasteiger partial charge is 0.388 e. The molecule has 19 heavy (non-hydrogen) atoms. The zero-order chi connectivity index (χ0) is 13.8. The quantitative estimate of drug-likeness (QED) is 0.867. The number of hydrogen-bond donors (Lipinski definition) is 1. The fourth-order valence-corrected chi connectivity index (χ4v) is 2.95. The molecular formula is C17H26O2. The van der Waals surface area contributed by atoms with Crippen LogP contribution in [0.25, 0.3) is 0 Å². The van der Waals surface area contributed by atoms with Crippen molar-refractivity contribution in [3.8, 4) is 0 Å². The predicted molar refractivity (Wildman–Crippen MR) is 78.2 cm³/mol. The van der Waals surface area contributed by atoms with Crippen LogP contribution in [0.2, 0.25) is 0 Å². The van der Waals surface area contributed by atoms with Crippen molar-refractivity contribution in [2.45, 2.75) is 58.2 Å². The number of ether oxygens (including phenoxy) is 1. The van der Waals surface area contributed by atoms with Gasteiger partial charge in [0, 0.05) is 12.5 Å². The summed E-state index contributed by atoms with van der Waals surface area (Å²) >= 11 is 0. The van der Waals surface area contributed by atoms with Crippen molar-refractivity contribution in [3.63, 3.8) is 0 Å². The van der Waals surface area contributed by atoms with Gasteiger partial charge >= 0.3 is 0 Å². The Hall–Kier alpha value is -0.860. The Morgan fingerprint density at radius 3 is 2.42 bits per heavy atom. The molecule has 0 saturated carbocycles. The van der Waals surface area contributed by atoms with Gasteiger partial charge in [-0.25, -0.2) is 0 Å². The molecule has 106 valence electrons. The standard InChI is InChI=1S/C17H26O2/c1-4-12(3)13-6-8-14(9-7-13)17(18)15-10-11-19-16(15)5-2/h6-9,12,15-18H,4-5,10-11H2,1-3H3. The third kappa shape index (κ3) is 3.18. The monoisotopic (exact) mass is 262 g/mol. The Kier molecular flexibility index (Phi) is 5.00. The molecule has 1 aliphatic heterocycles. The van der Waals surface area contributed by atoms with Crippen LogP contribution in [-0.2, 0) is 4.74 Å². The second-order valence-electron chi connectivity index (χ2n) is 5.69. The summed E-state index contributed by atoms with van der Waals surface area (Å²) in [5, 5.41) is 10.5. The molecule has 0 aromatic heterocycles. The van der Waals surface area contributed by atoms with E-state index in [1.807, 2.05) is 0 Å². The van der Waals surface area contributed by atoms with Crippen LogP contribution < -0.4 is 0 Å². The Labute approximate surface area is 116 Å². The Bertz CT molecular complexity index is 385. The van der Waals surface area contributed by atoms with Crippen molar-refractivity contribution in [1.82, 2.24) is 0 Å². The predicted octanol–water partition coefficient (Wildman–Crippen LogP) is 4.05. The Morgan fingerprint density at radius 1 is 1.21 bits per heavy atom. The Morgan fingerprint density at radius 2 is 1.84 bits per heavy atom. The molecule has 1 aromatic rings. The third-order valence-corrected chi connectivity index (χ3v) is 4.53. The van der Waals surface area contributed by atoms with Gasteiger partial charge in [0.2, 0.25) is 0 Å². The number of benzene rings is 1. The highest BCUT2D eigenvalue weighted by atomic mass is 16.5. The van der Waals surface area contributed by atoms with Crippen LogP contribution in [0.3, 0.4) is 0 Å². The molecule has 0 aliphatic carbocycles. The minimum atomic E-state index is -0.390. The second kappa shape index (κ2) is 6.53. The molecule has 2 rings (SSSR count). The van der Waals surface area contributed by atoms with E-state index in [1.165, 1.54) is 5.56 Å². The molecule has 2 nitrogen and oxygen atoms in total. The first-order valence-corrected chi connectivity index (χ1v) is 7.56. The minimum absolute atomic E-state index is 0.212. The van der Waals surface area contributed by atoms with Gasteiger partial charge in [0.05, 0.1) is 12.2 Å². The van der Waals surface area contributed by atoms with Gasteiger partial charge in [0.25, 0.3) is 0 Å². The van der Waals surface area contributed by atoms with Gasteiger partial charge in [-0.3, -0.25) is 0 Å². The second-order valence-corrected chi connectivity index (χ2v) is 5.69. The minimum Gasteiger partial charge on any atom is -0.388 e. The summed E-state index contributed by atoms with van der Waals surface area (Å²) in [7, 11) is 0. The molecule has 1 N–H and O–H groups in total. The highest BCUT2D eigenvalue weighted by Crippen LogP contribution is 2.35. The normalized spacial score (nSPS) is 26.3. The molecule has 0 spiro atoms. The lowest BCUT2D eigenvalue weighted by Crippen LogP contribution is -2.22. The van der Waals surface area contributed by atoms with Crippen LogP contribution in [0.15, 0.2) is 24.3 Å². The van der Waals surface area contributed by atoms with E-state index < -0.39 is 6.10 Å². The van der Waals surface area contributed by atoms with Crippen molar-refractivity contribution in [2.24, 2.45) is 5.92 Å². The van der Waals surface area contributed by atoms with Crippen LogP contribution >= 0.6 is 0 Å². The average molecular weight is 262 g/mol. The van der Waals surface area contributed by atoms with Crippen molar-refractivity contribution in [1.29, 1.82) is 0 Å². The lowest BCUT2D eigenvalue weighted by molar-refractivity contribution is 0.0307. The average Bonchev–Trinajstić information content (AvgIpc) is 2.94. The van der Waals surface area contributed by atoms with E-state index in [-0.39, 0.29) is 12.0 Å². The summed E-state index contributed by atoms with van der Waals surface area (Å²) in [6, 6.07) is 8.47. The van der Waals surface area contributed by atoms with E-state index in [2.05, 4.69) is 45.0 Å². The molecule has 0 amide bonds. The molecule has 1 saturated heterocycles. The van der Waals surface area contributed by atoms with Crippen LogP contribution in [0, 0.1) is 5.92 Å². The fraction of sp³-hybridized carbons (Fsp3) is 0.647. The summed E-state index contributed by atoms with van der Waals surface area (Å²) in [4.78, 5) is 0. The summed E-state index contributed by atoms with van der Waals surface area (Å²) in [6.45, 7) is 7.35. The number of rotatable bonds is 5. The molecule has 1 fully saturated rings. The van der Waals surface area contributed by atoms with Gasteiger partial charge in [0.1, 0.15) is 0 Å². The van der Waals surface area contributed by atoms with Gasteiger partial charge in [-0.1, -0.05) is 45.0 Å². The van der Waals surface area contributed by atoms with Crippen LogP contribution in [0.4, 0.5) is 0 Å². The molecule has 0 bridgehead atoms. The highest BCUT2D eigenvalue weighted by Gasteiger charge is 2.33. The lowest BCUT2D eigenvalue weighted by atomic mass is 9.88. The first-order chi connectivity index (χ1) is 9.17. The van der Waals surface area contributed by atoms with Crippen molar-refractivity contribution < 1.29 is 9.84 Å². The van der Waals surface area contributed by atoms with Crippen LogP contribution in [0.5, 0.6) is 0 Å². The topological polar surface area (TPSA) is 29.5 Å². The van der Waals surface area contributed by atoms with Gasteiger partial charge in [-0.05, 0) is 36.3 Å². The first kappa shape index (κ1) is 14.5.